The summed E-state index contributed by atoms with van der Waals surface area (Å²) in [6, 6.07) is 8.25. The molecule has 104 valence electrons. The minimum atomic E-state index is 0.271. The topological polar surface area (TPSA) is 17.1 Å². The molecule has 0 radical (unpaired) electrons. The third-order valence-electron chi connectivity index (χ3n) is 4.66. The minimum Gasteiger partial charge on any atom is -0.294 e. The molecular formula is C18H26O. The van der Waals surface area contributed by atoms with Gasteiger partial charge < -0.3 is 0 Å². The van der Waals surface area contributed by atoms with Gasteiger partial charge in [-0.25, -0.2) is 0 Å². The Kier molecular flexibility index (Phi) is 4.79. The second-order valence-corrected chi connectivity index (χ2v) is 6.27. The fraction of sp³-hybridized carbons (Fsp3) is 0.611. The van der Waals surface area contributed by atoms with Gasteiger partial charge in [-0.15, -0.1) is 0 Å². The van der Waals surface area contributed by atoms with Crippen LogP contribution in [0.3, 0.4) is 0 Å². The number of Topliss-reactive ketones (excluding diaryl/α,β-unsaturated/α-hetero) is 1. The van der Waals surface area contributed by atoms with E-state index in [1.54, 1.807) is 0 Å². The van der Waals surface area contributed by atoms with Crippen LogP contribution in [-0.2, 0) is 0 Å². The summed E-state index contributed by atoms with van der Waals surface area (Å²) in [4.78, 5) is 12.5. The van der Waals surface area contributed by atoms with E-state index < -0.39 is 0 Å². The smallest absolute Gasteiger partial charge is 0.165 e. The second-order valence-electron chi connectivity index (χ2n) is 6.27. The van der Waals surface area contributed by atoms with Crippen LogP contribution in [0.4, 0.5) is 0 Å². The molecule has 0 aromatic heterocycles. The number of ketones is 1. The predicted octanol–water partition coefficient (Wildman–Crippen LogP) is 5.21. The monoisotopic (exact) mass is 258 g/mol. The summed E-state index contributed by atoms with van der Waals surface area (Å²) in [5, 5.41) is 0. The Hall–Kier alpha value is -1.11. The molecule has 0 aliphatic heterocycles. The van der Waals surface area contributed by atoms with Crippen LogP contribution in [0.1, 0.15) is 74.7 Å². The first-order valence-electron chi connectivity index (χ1n) is 7.76. The molecule has 19 heavy (non-hydrogen) atoms. The van der Waals surface area contributed by atoms with Crippen LogP contribution in [0.25, 0.3) is 0 Å². The van der Waals surface area contributed by atoms with Crippen molar-refractivity contribution < 1.29 is 4.79 Å². The molecule has 0 spiro atoms. The van der Waals surface area contributed by atoms with Crippen molar-refractivity contribution >= 4 is 5.78 Å². The highest BCUT2D eigenvalue weighted by Crippen LogP contribution is 2.32. The number of carbonyl (C=O) groups is 1. The van der Waals surface area contributed by atoms with E-state index in [1.807, 2.05) is 12.1 Å². The Balaban J connectivity index is 2.00. The second kappa shape index (κ2) is 6.36. The average Bonchev–Trinajstić information content (AvgIpc) is 2.46. The third kappa shape index (κ3) is 3.46. The van der Waals surface area contributed by atoms with Crippen molar-refractivity contribution in [2.24, 2.45) is 11.8 Å². The van der Waals surface area contributed by atoms with Gasteiger partial charge in [0, 0.05) is 11.5 Å². The van der Waals surface area contributed by atoms with Crippen molar-refractivity contribution in [2.75, 3.05) is 0 Å². The molecule has 1 aliphatic carbocycles. The normalized spacial score (nSPS) is 23.6. The number of hydrogen-bond acceptors (Lipinski definition) is 1. The number of rotatable bonds is 4. The van der Waals surface area contributed by atoms with Crippen LogP contribution in [0.15, 0.2) is 24.3 Å². The molecule has 1 fully saturated rings. The van der Waals surface area contributed by atoms with Gasteiger partial charge in [0.15, 0.2) is 5.78 Å². The zero-order chi connectivity index (χ0) is 13.8. The highest BCUT2D eigenvalue weighted by molar-refractivity contribution is 5.97. The van der Waals surface area contributed by atoms with E-state index in [0.29, 0.717) is 11.7 Å². The average molecular weight is 258 g/mol. The fourth-order valence-corrected chi connectivity index (χ4v) is 3.10. The maximum atomic E-state index is 12.5. The summed E-state index contributed by atoms with van der Waals surface area (Å²) in [5.74, 6) is 2.02. The Morgan fingerprint density at radius 2 is 1.68 bits per heavy atom. The van der Waals surface area contributed by atoms with Crippen LogP contribution in [0, 0.1) is 11.8 Å². The maximum Gasteiger partial charge on any atom is 0.165 e. The van der Waals surface area contributed by atoms with E-state index in [4.69, 9.17) is 0 Å². The maximum absolute atomic E-state index is 12.5. The first kappa shape index (κ1) is 14.3. The molecule has 1 nitrogen and oxygen atoms in total. The van der Waals surface area contributed by atoms with E-state index in [-0.39, 0.29) is 5.92 Å². The molecule has 0 saturated heterocycles. The zero-order valence-corrected chi connectivity index (χ0v) is 12.5. The number of carbonyl (C=O) groups excluding carboxylic acids is 1. The fourth-order valence-electron chi connectivity index (χ4n) is 3.10. The summed E-state index contributed by atoms with van der Waals surface area (Å²) < 4.78 is 0. The van der Waals surface area contributed by atoms with E-state index in [9.17, 15) is 4.79 Å². The molecule has 1 aromatic rings. The number of hydrogen-bond donors (Lipinski definition) is 0. The van der Waals surface area contributed by atoms with Gasteiger partial charge in [0.1, 0.15) is 0 Å². The first-order chi connectivity index (χ1) is 9.11. The molecular weight excluding hydrogens is 232 g/mol. The molecule has 1 saturated carbocycles. The third-order valence-corrected chi connectivity index (χ3v) is 4.66. The van der Waals surface area contributed by atoms with Crippen molar-refractivity contribution in [3.63, 3.8) is 0 Å². The molecule has 0 bridgehead atoms. The van der Waals surface area contributed by atoms with E-state index in [2.05, 4.69) is 32.9 Å². The van der Waals surface area contributed by atoms with Gasteiger partial charge in [-0.1, -0.05) is 51.5 Å². The molecule has 0 unspecified atom stereocenters. The van der Waals surface area contributed by atoms with E-state index in [1.165, 1.54) is 24.8 Å². The van der Waals surface area contributed by atoms with Gasteiger partial charge in [-0.3, -0.25) is 4.79 Å². The Labute approximate surface area is 117 Å². The standard InChI is InChI=1S/C18H26O/c1-4-14-5-7-16(8-6-14)18(19)17-11-9-15(10-12-17)13(2)3/h9-14,16H,4-8H2,1-3H3. The van der Waals surface area contributed by atoms with Crippen LogP contribution in [0.5, 0.6) is 0 Å². The molecule has 1 heteroatoms. The number of benzene rings is 1. The summed E-state index contributed by atoms with van der Waals surface area (Å²) in [6.45, 7) is 6.63. The Morgan fingerprint density at radius 3 is 2.16 bits per heavy atom. The van der Waals surface area contributed by atoms with Gasteiger partial charge >= 0.3 is 0 Å². The largest absolute Gasteiger partial charge is 0.294 e. The SMILES string of the molecule is CCC1CCC(C(=O)c2ccc(C(C)C)cc2)CC1. The molecule has 2 rings (SSSR count). The quantitative estimate of drug-likeness (QED) is 0.678. The van der Waals surface area contributed by atoms with Crippen molar-refractivity contribution in [1.29, 1.82) is 0 Å². The lowest BCUT2D eigenvalue weighted by atomic mass is 9.77. The van der Waals surface area contributed by atoms with Gasteiger partial charge in [-0.05, 0) is 43.1 Å². The highest BCUT2D eigenvalue weighted by Gasteiger charge is 2.26. The minimum absolute atomic E-state index is 0.271. The van der Waals surface area contributed by atoms with Gasteiger partial charge in [0.05, 0.1) is 0 Å². The van der Waals surface area contributed by atoms with Crippen LogP contribution in [-0.4, -0.2) is 5.78 Å². The molecule has 0 N–H and O–H groups in total. The predicted molar refractivity (Wildman–Crippen MR) is 80.6 cm³/mol. The van der Waals surface area contributed by atoms with Crippen molar-refractivity contribution in [2.45, 2.75) is 58.8 Å². The van der Waals surface area contributed by atoms with Gasteiger partial charge in [-0.2, -0.15) is 0 Å². The molecule has 0 heterocycles. The van der Waals surface area contributed by atoms with Crippen LogP contribution < -0.4 is 0 Å². The van der Waals surface area contributed by atoms with E-state index in [0.717, 1.165) is 24.3 Å². The first-order valence-corrected chi connectivity index (χ1v) is 7.76. The lowest BCUT2D eigenvalue weighted by molar-refractivity contribution is 0.0871. The summed E-state index contributed by atoms with van der Waals surface area (Å²) in [7, 11) is 0. The lowest BCUT2D eigenvalue weighted by Gasteiger charge is -2.26. The van der Waals surface area contributed by atoms with Crippen LogP contribution in [0.2, 0.25) is 0 Å². The zero-order valence-electron chi connectivity index (χ0n) is 12.5. The lowest BCUT2D eigenvalue weighted by Crippen LogP contribution is -2.21. The molecule has 1 aliphatic rings. The summed E-state index contributed by atoms with van der Waals surface area (Å²) >= 11 is 0. The highest BCUT2D eigenvalue weighted by atomic mass is 16.1. The summed E-state index contributed by atoms with van der Waals surface area (Å²) in [5.41, 5.74) is 2.22. The molecule has 1 aromatic carbocycles. The van der Waals surface area contributed by atoms with Gasteiger partial charge in [0.2, 0.25) is 0 Å². The summed E-state index contributed by atoms with van der Waals surface area (Å²) in [6.07, 6.45) is 5.91. The van der Waals surface area contributed by atoms with Gasteiger partial charge in [0.25, 0.3) is 0 Å². The van der Waals surface area contributed by atoms with Crippen molar-refractivity contribution in [1.82, 2.24) is 0 Å². The van der Waals surface area contributed by atoms with Crippen molar-refractivity contribution in [3.8, 4) is 0 Å². The Morgan fingerprint density at radius 1 is 1.11 bits per heavy atom. The van der Waals surface area contributed by atoms with E-state index >= 15 is 0 Å². The Bertz CT molecular complexity index is 408. The van der Waals surface area contributed by atoms with Crippen molar-refractivity contribution in [3.05, 3.63) is 35.4 Å². The molecule has 0 atom stereocenters. The van der Waals surface area contributed by atoms with Crippen LogP contribution >= 0.6 is 0 Å². The molecule has 0 amide bonds.